The lowest BCUT2D eigenvalue weighted by Gasteiger charge is -2.11. The molecule has 0 radical (unpaired) electrons. The molecular weight excluding hydrogens is 293 g/mol. The molecule has 4 nitrogen and oxygen atoms in total. The van der Waals surface area contributed by atoms with E-state index in [0.29, 0.717) is 11.2 Å². The lowest BCUT2D eigenvalue weighted by molar-refractivity contribution is -0.137. The fourth-order valence-electron chi connectivity index (χ4n) is 1.53. The molecule has 0 amide bonds. The Balaban J connectivity index is 2.40. The first-order valence-corrected chi connectivity index (χ1v) is 6.23. The summed E-state index contributed by atoms with van der Waals surface area (Å²) < 4.78 is 37.7. The van der Waals surface area contributed by atoms with Crippen LogP contribution in [0.5, 0.6) is 0 Å². The number of alkyl halides is 3. The number of carboxylic acids is 1. The highest BCUT2D eigenvalue weighted by Crippen LogP contribution is 2.33. The van der Waals surface area contributed by atoms with Crippen LogP contribution in [0.1, 0.15) is 20.8 Å². The van der Waals surface area contributed by atoms with Crippen molar-refractivity contribution >= 4 is 28.1 Å². The molecule has 0 spiro atoms. The van der Waals surface area contributed by atoms with Gasteiger partial charge in [0.25, 0.3) is 0 Å². The van der Waals surface area contributed by atoms with Gasteiger partial charge in [-0.2, -0.15) is 13.2 Å². The fourth-order valence-corrected chi connectivity index (χ4v) is 2.21. The summed E-state index contributed by atoms with van der Waals surface area (Å²) in [6.45, 7) is 1.81. The summed E-state index contributed by atoms with van der Waals surface area (Å²) in [5.41, 5.74) is -1.39. The maximum absolute atomic E-state index is 12.6. The van der Waals surface area contributed by atoms with Gasteiger partial charge in [-0.15, -0.1) is 11.3 Å². The zero-order valence-electron chi connectivity index (χ0n) is 10.2. The van der Waals surface area contributed by atoms with Gasteiger partial charge in [0, 0.05) is 11.1 Å². The Hall–Kier alpha value is -2.09. The van der Waals surface area contributed by atoms with Crippen LogP contribution in [-0.2, 0) is 6.18 Å². The molecule has 0 aliphatic heterocycles. The molecule has 2 N–H and O–H groups in total. The summed E-state index contributed by atoms with van der Waals surface area (Å²) in [4.78, 5) is 15.9. The van der Waals surface area contributed by atoms with Gasteiger partial charge in [-0.05, 0) is 25.1 Å². The smallest absolute Gasteiger partial charge is 0.416 e. The van der Waals surface area contributed by atoms with Crippen molar-refractivity contribution < 1.29 is 23.1 Å². The van der Waals surface area contributed by atoms with Crippen molar-refractivity contribution in [3.63, 3.8) is 0 Å². The minimum atomic E-state index is -4.58. The number of nitrogens with zero attached hydrogens (tertiary/aromatic N) is 1. The molecule has 2 aromatic rings. The molecule has 1 heterocycles. The van der Waals surface area contributed by atoms with Gasteiger partial charge in [0.15, 0.2) is 5.13 Å². The third-order valence-corrected chi connectivity index (χ3v) is 3.27. The Bertz CT molecular complexity index is 652. The molecule has 0 aliphatic carbocycles. The largest absolute Gasteiger partial charge is 0.478 e. The number of carbonyl (C=O) groups is 1. The highest BCUT2D eigenvalue weighted by Gasteiger charge is 2.31. The Kier molecular flexibility index (Phi) is 3.67. The van der Waals surface area contributed by atoms with Crippen LogP contribution < -0.4 is 5.32 Å². The molecule has 1 aromatic carbocycles. The average Bonchev–Trinajstić information content (AvgIpc) is 2.73. The summed E-state index contributed by atoms with van der Waals surface area (Å²) in [5, 5.41) is 12.1. The van der Waals surface area contributed by atoms with Crippen molar-refractivity contribution in [1.29, 1.82) is 0 Å². The number of benzene rings is 1. The van der Waals surface area contributed by atoms with Crippen LogP contribution in [0.15, 0.2) is 24.4 Å². The SMILES string of the molecule is Cc1cnc(Nc2ccc(C(F)(F)F)cc2C(=O)O)s1. The van der Waals surface area contributed by atoms with Crippen LogP contribution in [0.4, 0.5) is 24.0 Å². The van der Waals surface area contributed by atoms with Gasteiger partial charge < -0.3 is 10.4 Å². The van der Waals surface area contributed by atoms with E-state index in [9.17, 15) is 18.0 Å². The monoisotopic (exact) mass is 302 g/mol. The molecule has 0 saturated heterocycles. The van der Waals surface area contributed by atoms with E-state index in [0.717, 1.165) is 17.0 Å². The third kappa shape index (κ3) is 3.08. The second-order valence-corrected chi connectivity index (χ2v) is 5.20. The summed E-state index contributed by atoms with van der Waals surface area (Å²) in [6, 6.07) is 2.52. The highest BCUT2D eigenvalue weighted by atomic mass is 32.1. The number of hydrogen-bond donors (Lipinski definition) is 2. The molecule has 1 aromatic heterocycles. The van der Waals surface area contributed by atoms with E-state index in [1.54, 1.807) is 6.20 Å². The lowest BCUT2D eigenvalue weighted by Crippen LogP contribution is -2.09. The van der Waals surface area contributed by atoms with Crippen molar-refractivity contribution in [3.8, 4) is 0 Å². The predicted octanol–water partition coefficient (Wildman–Crippen LogP) is 3.91. The maximum atomic E-state index is 12.6. The molecule has 0 saturated carbocycles. The van der Waals surface area contributed by atoms with Crippen molar-refractivity contribution in [2.75, 3.05) is 5.32 Å². The summed E-state index contributed by atoms with van der Waals surface area (Å²) >= 11 is 1.28. The molecule has 8 heteroatoms. The maximum Gasteiger partial charge on any atom is 0.416 e. The number of rotatable bonds is 3. The van der Waals surface area contributed by atoms with Gasteiger partial charge in [0.05, 0.1) is 16.8 Å². The van der Waals surface area contributed by atoms with Crippen molar-refractivity contribution in [2.24, 2.45) is 0 Å². The topological polar surface area (TPSA) is 62.2 Å². The van der Waals surface area contributed by atoms with E-state index in [4.69, 9.17) is 5.11 Å². The number of carboxylic acid groups (broad SMARTS) is 1. The van der Waals surface area contributed by atoms with Crippen LogP contribution in [0.25, 0.3) is 0 Å². The second kappa shape index (κ2) is 5.12. The van der Waals surface area contributed by atoms with Crippen LogP contribution in [0.3, 0.4) is 0 Å². The highest BCUT2D eigenvalue weighted by molar-refractivity contribution is 7.15. The number of aromatic nitrogens is 1. The lowest BCUT2D eigenvalue weighted by atomic mass is 10.1. The molecule has 0 fully saturated rings. The van der Waals surface area contributed by atoms with Gasteiger partial charge in [0.2, 0.25) is 0 Å². The van der Waals surface area contributed by atoms with Gasteiger partial charge in [-0.1, -0.05) is 0 Å². The van der Waals surface area contributed by atoms with E-state index in [2.05, 4.69) is 10.3 Å². The number of aromatic carboxylic acids is 1. The van der Waals surface area contributed by atoms with E-state index >= 15 is 0 Å². The van der Waals surface area contributed by atoms with Crippen molar-refractivity contribution in [2.45, 2.75) is 13.1 Å². The first kappa shape index (κ1) is 14.3. The Morgan fingerprint density at radius 2 is 2.10 bits per heavy atom. The number of nitrogens with one attached hydrogen (secondary N) is 1. The van der Waals surface area contributed by atoms with Gasteiger partial charge >= 0.3 is 12.1 Å². The number of hydrogen-bond acceptors (Lipinski definition) is 4. The zero-order valence-corrected chi connectivity index (χ0v) is 11.0. The number of halogens is 3. The van der Waals surface area contributed by atoms with E-state index in [1.807, 2.05) is 6.92 Å². The van der Waals surface area contributed by atoms with Crippen LogP contribution in [-0.4, -0.2) is 16.1 Å². The Morgan fingerprint density at radius 3 is 2.60 bits per heavy atom. The van der Waals surface area contributed by atoms with Crippen LogP contribution in [0.2, 0.25) is 0 Å². The van der Waals surface area contributed by atoms with Crippen LogP contribution >= 0.6 is 11.3 Å². The molecule has 20 heavy (non-hydrogen) atoms. The number of aryl methyl sites for hydroxylation is 1. The van der Waals surface area contributed by atoms with E-state index < -0.39 is 23.3 Å². The quantitative estimate of drug-likeness (QED) is 0.902. The number of anilines is 2. The molecule has 2 rings (SSSR count). The van der Waals surface area contributed by atoms with E-state index in [1.165, 1.54) is 11.3 Å². The fraction of sp³-hybridized carbons (Fsp3) is 0.167. The molecule has 0 unspecified atom stereocenters. The zero-order chi connectivity index (χ0) is 14.9. The molecule has 0 bridgehead atoms. The molecular formula is C12H9F3N2O2S. The Labute approximate surface area is 115 Å². The number of thiazole rings is 1. The van der Waals surface area contributed by atoms with Gasteiger partial charge in [-0.3, -0.25) is 0 Å². The molecule has 106 valence electrons. The first-order valence-electron chi connectivity index (χ1n) is 5.41. The summed E-state index contributed by atoms with van der Waals surface area (Å²) in [5.74, 6) is -1.44. The average molecular weight is 302 g/mol. The van der Waals surface area contributed by atoms with Crippen molar-refractivity contribution in [1.82, 2.24) is 4.98 Å². The summed E-state index contributed by atoms with van der Waals surface area (Å²) in [7, 11) is 0. The van der Waals surface area contributed by atoms with Gasteiger partial charge in [-0.25, -0.2) is 9.78 Å². The third-order valence-electron chi connectivity index (χ3n) is 2.44. The van der Waals surface area contributed by atoms with Gasteiger partial charge in [0.1, 0.15) is 0 Å². The summed E-state index contributed by atoms with van der Waals surface area (Å²) in [6.07, 6.45) is -3.00. The molecule has 0 atom stereocenters. The minimum Gasteiger partial charge on any atom is -0.478 e. The second-order valence-electron chi connectivity index (χ2n) is 3.96. The standard InChI is InChI=1S/C12H9F3N2O2S/c1-6-5-16-11(20-6)17-9-3-2-7(12(13,14)15)4-8(9)10(18)19/h2-5H,1H3,(H,16,17)(H,18,19). The van der Waals surface area contributed by atoms with Crippen molar-refractivity contribution in [3.05, 3.63) is 40.4 Å². The Morgan fingerprint density at radius 1 is 1.40 bits per heavy atom. The van der Waals surface area contributed by atoms with E-state index in [-0.39, 0.29) is 5.69 Å². The molecule has 0 aliphatic rings. The van der Waals surface area contributed by atoms with Crippen LogP contribution in [0, 0.1) is 6.92 Å². The first-order chi connectivity index (χ1) is 9.27. The predicted molar refractivity (Wildman–Crippen MR) is 68.5 cm³/mol. The minimum absolute atomic E-state index is 0.0693. The normalized spacial score (nSPS) is 11.4.